The van der Waals surface area contributed by atoms with E-state index in [1.54, 1.807) is 18.5 Å². The summed E-state index contributed by atoms with van der Waals surface area (Å²) in [6, 6.07) is 9.15. The normalized spacial score (nSPS) is 13.6. The second-order valence-corrected chi connectivity index (χ2v) is 4.82. The fraction of sp³-hybridized carbons (Fsp3) is 0.429. The van der Waals surface area contributed by atoms with Gasteiger partial charge in [0.15, 0.2) is 5.82 Å². The number of carboxylic acids is 1. The quantitative estimate of drug-likeness (QED) is 0.832. The summed E-state index contributed by atoms with van der Waals surface area (Å²) in [6.45, 7) is 3.86. The topological polar surface area (TPSA) is 90.1 Å². The third kappa shape index (κ3) is 3.77. The van der Waals surface area contributed by atoms with Gasteiger partial charge in [-0.25, -0.2) is 4.68 Å². The van der Waals surface area contributed by atoms with E-state index < -0.39 is 11.9 Å². The van der Waals surface area contributed by atoms with Gasteiger partial charge in [-0.1, -0.05) is 18.2 Å². The van der Waals surface area contributed by atoms with Crippen molar-refractivity contribution >= 4 is 5.97 Å². The number of aliphatic carboxylic acids is 1. The second-order valence-electron chi connectivity index (χ2n) is 4.82. The number of aromatic nitrogens is 4. The van der Waals surface area contributed by atoms with Crippen molar-refractivity contribution in [1.29, 1.82) is 0 Å². The third-order valence-electron chi connectivity index (χ3n) is 3.40. The summed E-state index contributed by atoms with van der Waals surface area (Å²) in [5, 5.41) is 20.5. The van der Waals surface area contributed by atoms with Gasteiger partial charge in [0.05, 0.1) is 18.6 Å². The maximum absolute atomic E-state index is 11.0. The molecule has 0 aliphatic carbocycles. The van der Waals surface area contributed by atoms with Crippen LogP contribution < -0.4 is 4.74 Å². The van der Waals surface area contributed by atoms with E-state index in [0.717, 1.165) is 5.75 Å². The smallest absolute Gasteiger partial charge is 0.308 e. The first-order chi connectivity index (χ1) is 10.1. The first kappa shape index (κ1) is 15.0. The number of hydrogen-bond donors (Lipinski definition) is 1. The molecule has 1 N–H and O–H groups in total. The van der Waals surface area contributed by atoms with Gasteiger partial charge in [0.1, 0.15) is 5.75 Å². The molecule has 0 saturated heterocycles. The molecule has 2 aromatic rings. The number of para-hydroxylation sites is 1. The van der Waals surface area contributed by atoms with E-state index in [1.807, 2.05) is 30.3 Å². The first-order valence-corrected chi connectivity index (χ1v) is 6.77. The minimum Gasteiger partial charge on any atom is -0.493 e. The van der Waals surface area contributed by atoms with Crippen molar-refractivity contribution in [3.05, 3.63) is 36.2 Å². The molecule has 0 fully saturated rings. The highest BCUT2D eigenvalue weighted by Crippen LogP contribution is 2.18. The monoisotopic (exact) mass is 290 g/mol. The average molecular weight is 290 g/mol. The van der Waals surface area contributed by atoms with Gasteiger partial charge in [0, 0.05) is 6.42 Å². The summed E-state index contributed by atoms with van der Waals surface area (Å²) >= 11 is 0. The number of nitrogens with zero attached hydrogens (tertiary/aromatic N) is 4. The Bertz CT molecular complexity index is 585. The van der Waals surface area contributed by atoms with E-state index in [-0.39, 0.29) is 6.04 Å². The SMILES string of the molecule is CC(C(=O)O)C(C)n1nnnc1CCOc1ccccc1. The maximum atomic E-state index is 11.0. The molecular formula is C14H18N4O3. The van der Waals surface area contributed by atoms with Gasteiger partial charge in [0.25, 0.3) is 0 Å². The molecule has 0 radical (unpaired) electrons. The number of ether oxygens (including phenoxy) is 1. The zero-order chi connectivity index (χ0) is 15.2. The van der Waals surface area contributed by atoms with E-state index in [1.165, 1.54) is 0 Å². The molecule has 1 heterocycles. The lowest BCUT2D eigenvalue weighted by atomic mass is 10.0. The summed E-state index contributed by atoms with van der Waals surface area (Å²) in [7, 11) is 0. The van der Waals surface area contributed by atoms with Crippen LogP contribution in [0.1, 0.15) is 25.7 Å². The van der Waals surface area contributed by atoms with Crippen molar-refractivity contribution in [3.63, 3.8) is 0 Å². The molecule has 0 amide bonds. The largest absolute Gasteiger partial charge is 0.493 e. The molecule has 0 bridgehead atoms. The number of benzene rings is 1. The van der Waals surface area contributed by atoms with Crippen LogP contribution in [-0.4, -0.2) is 37.9 Å². The van der Waals surface area contributed by atoms with Gasteiger partial charge in [0.2, 0.25) is 0 Å². The van der Waals surface area contributed by atoms with Crippen molar-refractivity contribution in [3.8, 4) is 5.75 Å². The maximum Gasteiger partial charge on any atom is 0.308 e. The van der Waals surface area contributed by atoms with E-state index in [0.29, 0.717) is 18.9 Å². The van der Waals surface area contributed by atoms with Crippen molar-refractivity contribution < 1.29 is 14.6 Å². The van der Waals surface area contributed by atoms with Gasteiger partial charge in [-0.3, -0.25) is 4.79 Å². The first-order valence-electron chi connectivity index (χ1n) is 6.77. The molecule has 0 saturated carbocycles. The summed E-state index contributed by atoms with van der Waals surface area (Å²) in [4.78, 5) is 11.0. The fourth-order valence-electron chi connectivity index (χ4n) is 1.89. The molecule has 7 nitrogen and oxygen atoms in total. The van der Waals surface area contributed by atoms with Crippen LogP contribution in [0.3, 0.4) is 0 Å². The Morgan fingerprint density at radius 2 is 2.05 bits per heavy atom. The Kier molecular flexibility index (Phi) is 4.86. The molecule has 2 atom stereocenters. The van der Waals surface area contributed by atoms with Crippen molar-refractivity contribution in [2.24, 2.45) is 5.92 Å². The van der Waals surface area contributed by atoms with E-state index in [9.17, 15) is 4.79 Å². The number of hydrogen-bond acceptors (Lipinski definition) is 5. The molecule has 7 heteroatoms. The Hall–Kier alpha value is -2.44. The van der Waals surface area contributed by atoms with Crippen LogP contribution in [0.25, 0.3) is 0 Å². The summed E-state index contributed by atoms with van der Waals surface area (Å²) in [5.41, 5.74) is 0. The zero-order valence-corrected chi connectivity index (χ0v) is 12.0. The highest BCUT2D eigenvalue weighted by Gasteiger charge is 2.24. The van der Waals surface area contributed by atoms with Gasteiger partial charge >= 0.3 is 5.97 Å². The molecule has 112 valence electrons. The predicted octanol–water partition coefficient (Wildman–Crippen LogP) is 1.58. The Morgan fingerprint density at radius 3 is 2.71 bits per heavy atom. The number of rotatable bonds is 7. The summed E-state index contributed by atoms with van der Waals surface area (Å²) < 4.78 is 7.15. The lowest BCUT2D eigenvalue weighted by molar-refractivity contribution is -0.142. The predicted molar refractivity (Wildman–Crippen MR) is 75.0 cm³/mol. The number of tetrazole rings is 1. The van der Waals surface area contributed by atoms with Gasteiger partial charge < -0.3 is 9.84 Å². The van der Waals surface area contributed by atoms with Crippen LogP contribution >= 0.6 is 0 Å². The molecule has 21 heavy (non-hydrogen) atoms. The summed E-state index contributed by atoms with van der Waals surface area (Å²) in [5.74, 6) is -0.0400. The van der Waals surface area contributed by atoms with Gasteiger partial charge in [-0.2, -0.15) is 0 Å². The molecule has 1 aromatic carbocycles. The van der Waals surface area contributed by atoms with Crippen LogP contribution in [0.15, 0.2) is 30.3 Å². The van der Waals surface area contributed by atoms with Crippen LogP contribution in [-0.2, 0) is 11.2 Å². The Balaban J connectivity index is 1.96. The molecule has 0 aliphatic rings. The van der Waals surface area contributed by atoms with Crippen molar-refractivity contribution in [1.82, 2.24) is 20.2 Å². The minimum absolute atomic E-state index is 0.316. The second kappa shape index (κ2) is 6.83. The van der Waals surface area contributed by atoms with Crippen molar-refractivity contribution in [2.45, 2.75) is 26.3 Å². The number of carbonyl (C=O) groups is 1. The highest BCUT2D eigenvalue weighted by molar-refractivity contribution is 5.70. The molecule has 0 spiro atoms. The van der Waals surface area contributed by atoms with Crippen molar-refractivity contribution in [2.75, 3.05) is 6.61 Å². The van der Waals surface area contributed by atoms with Crippen LogP contribution in [0.5, 0.6) is 5.75 Å². The minimum atomic E-state index is -0.871. The van der Waals surface area contributed by atoms with Gasteiger partial charge in [-0.15, -0.1) is 5.10 Å². The Morgan fingerprint density at radius 1 is 1.33 bits per heavy atom. The van der Waals surface area contributed by atoms with E-state index in [2.05, 4.69) is 15.5 Å². The average Bonchev–Trinajstić information content (AvgIpc) is 2.95. The molecule has 0 aliphatic heterocycles. The summed E-state index contributed by atoms with van der Waals surface area (Å²) in [6.07, 6.45) is 0.512. The van der Waals surface area contributed by atoms with Crippen LogP contribution in [0.4, 0.5) is 0 Å². The third-order valence-corrected chi connectivity index (χ3v) is 3.40. The van der Waals surface area contributed by atoms with Crippen LogP contribution in [0, 0.1) is 5.92 Å². The molecule has 2 rings (SSSR count). The molecule has 2 unspecified atom stereocenters. The number of carboxylic acid groups (broad SMARTS) is 1. The highest BCUT2D eigenvalue weighted by atomic mass is 16.5. The van der Waals surface area contributed by atoms with Crippen LogP contribution in [0.2, 0.25) is 0 Å². The molecular weight excluding hydrogens is 272 g/mol. The lowest BCUT2D eigenvalue weighted by Crippen LogP contribution is -2.24. The fourth-order valence-corrected chi connectivity index (χ4v) is 1.89. The van der Waals surface area contributed by atoms with Gasteiger partial charge in [-0.05, 0) is 36.4 Å². The molecule has 1 aromatic heterocycles. The van der Waals surface area contributed by atoms with E-state index in [4.69, 9.17) is 9.84 Å². The van der Waals surface area contributed by atoms with E-state index >= 15 is 0 Å². The Labute approximate surface area is 122 Å². The zero-order valence-electron chi connectivity index (χ0n) is 12.0. The standard InChI is InChI=1S/C14H18N4O3/c1-10(14(19)20)11(2)18-13(15-16-17-18)8-9-21-12-6-4-3-5-7-12/h3-7,10-11H,8-9H2,1-2H3,(H,19,20). The lowest BCUT2D eigenvalue weighted by Gasteiger charge is -2.17.